The Morgan fingerprint density at radius 2 is 1.96 bits per heavy atom. The van der Waals surface area contributed by atoms with Gasteiger partial charge in [0.05, 0.1) is 0 Å². The van der Waals surface area contributed by atoms with E-state index in [1.165, 1.54) is 6.07 Å². The van der Waals surface area contributed by atoms with Crippen LogP contribution < -0.4 is 5.63 Å². The predicted molar refractivity (Wildman–Crippen MR) is 94.7 cm³/mol. The van der Waals surface area contributed by atoms with Crippen LogP contribution >= 0.6 is 11.6 Å². The first-order valence-corrected chi connectivity index (χ1v) is 8.95. The number of halogens is 1. The molecular formula is C19H21ClO5. The molecule has 1 saturated carbocycles. The molecule has 0 unspecified atom stereocenters. The van der Waals surface area contributed by atoms with Gasteiger partial charge >= 0.3 is 11.6 Å². The minimum Gasteiger partial charge on any atom is -0.459 e. The highest BCUT2D eigenvalue weighted by Gasteiger charge is 2.38. The zero-order valence-corrected chi connectivity index (χ0v) is 14.9. The molecule has 0 bridgehead atoms. The van der Waals surface area contributed by atoms with Crippen molar-refractivity contribution in [3.63, 3.8) is 0 Å². The second kappa shape index (κ2) is 7.18. The van der Waals surface area contributed by atoms with Crippen LogP contribution in [-0.4, -0.2) is 16.7 Å². The zero-order valence-electron chi connectivity index (χ0n) is 14.1. The third-order valence-corrected chi connectivity index (χ3v) is 5.15. The van der Waals surface area contributed by atoms with E-state index < -0.39 is 17.2 Å². The summed E-state index contributed by atoms with van der Waals surface area (Å²) < 4.78 is 10.6. The zero-order chi connectivity index (χ0) is 18.0. The highest BCUT2D eigenvalue weighted by Crippen LogP contribution is 2.30. The van der Waals surface area contributed by atoms with Crippen molar-refractivity contribution in [3.05, 3.63) is 44.8 Å². The summed E-state index contributed by atoms with van der Waals surface area (Å²) in [6.07, 6.45) is 4.16. The van der Waals surface area contributed by atoms with Gasteiger partial charge in [0, 0.05) is 22.0 Å². The molecule has 1 aliphatic carbocycles. The lowest BCUT2D eigenvalue weighted by molar-refractivity contribution is -0.170. The van der Waals surface area contributed by atoms with E-state index in [2.05, 4.69) is 0 Å². The lowest BCUT2D eigenvalue weighted by Crippen LogP contribution is -2.41. The van der Waals surface area contributed by atoms with Crippen LogP contribution in [0.2, 0.25) is 5.02 Å². The van der Waals surface area contributed by atoms with E-state index >= 15 is 0 Å². The van der Waals surface area contributed by atoms with Gasteiger partial charge in [-0.15, -0.1) is 0 Å². The molecule has 5 nitrogen and oxygen atoms in total. The standard InChI is InChI=1S/C19H21ClO5/c1-2-12-8-16-14(10-15(12)20)13(9-17(21)25-16)11-24-18(22)19(23)6-4-3-5-7-19/h8-10,23H,2-7,11H2,1H3. The molecule has 1 aromatic heterocycles. The molecule has 1 fully saturated rings. The Hall–Kier alpha value is -1.85. The normalized spacial score (nSPS) is 16.8. The average Bonchev–Trinajstić information content (AvgIpc) is 2.60. The van der Waals surface area contributed by atoms with Gasteiger partial charge in [0.25, 0.3) is 0 Å². The Labute approximate surface area is 150 Å². The molecule has 1 aromatic carbocycles. The number of benzene rings is 1. The number of carbonyl (C=O) groups is 1. The molecule has 1 heterocycles. The van der Waals surface area contributed by atoms with Gasteiger partial charge in [-0.05, 0) is 49.8 Å². The van der Waals surface area contributed by atoms with Crippen LogP contribution in [0, 0.1) is 0 Å². The molecule has 1 aliphatic rings. The van der Waals surface area contributed by atoms with Crippen molar-refractivity contribution in [2.24, 2.45) is 0 Å². The lowest BCUT2D eigenvalue weighted by atomic mass is 9.85. The van der Waals surface area contributed by atoms with E-state index in [1.807, 2.05) is 6.92 Å². The minimum absolute atomic E-state index is 0.106. The van der Waals surface area contributed by atoms with Crippen LogP contribution in [-0.2, 0) is 22.6 Å². The molecule has 25 heavy (non-hydrogen) atoms. The van der Waals surface area contributed by atoms with Crippen molar-refractivity contribution in [1.29, 1.82) is 0 Å². The third-order valence-electron chi connectivity index (χ3n) is 4.80. The quantitative estimate of drug-likeness (QED) is 0.660. The van der Waals surface area contributed by atoms with E-state index in [1.54, 1.807) is 12.1 Å². The molecule has 0 spiro atoms. The first kappa shape index (κ1) is 18.0. The van der Waals surface area contributed by atoms with E-state index in [0.29, 0.717) is 40.8 Å². The number of esters is 1. The largest absolute Gasteiger partial charge is 0.459 e. The topological polar surface area (TPSA) is 76.7 Å². The van der Waals surface area contributed by atoms with Gasteiger partial charge in [-0.3, -0.25) is 0 Å². The number of fused-ring (bicyclic) bond motifs is 1. The van der Waals surface area contributed by atoms with Crippen LogP contribution in [0.3, 0.4) is 0 Å². The summed E-state index contributed by atoms with van der Waals surface area (Å²) in [5.41, 5.74) is -0.123. The molecule has 2 aromatic rings. The van der Waals surface area contributed by atoms with Crippen molar-refractivity contribution >= 4 is 28.5 Å². The number of aliphatic hydroxyl groups is 1. The van der Waals surface area contributed by atoms with Crippen molar-refractivity contribution < 1.29 is 19.1 Å². The molecule has 3 rings (SSSR count). The molecule has 0 saturated heterocycles. The summed E-state index contributed by atoms with van der Waals surface area (Å²) in [6.45, 7) is 1.85. The fraction of sp³-hybridized carbons (Fsp3) is 0.474. The molecule has 0 amide bonds. The first-order valence-electron chi connectivity index (χ1n) is 8.58. The van der Waals surface area contributed by atoms with E-state index in [0.717, 1.165) is 24.8 Å². The van der Waals surface area contributed by atoms with Crippen LogP contribution in [0.1, 0.15) is 50.2 Å². The van der Waals surface area contributed by atoms with Crippen LogP contribution in [0.25, 0.3) is 11.0 Å². The van der Waals surface area contributed by atoms with E-state index in [-0.39, 0.29) is 6.61 Å². The maximum atomic E-state index is 12.3. The monoisotopic (exact) mass is 364 g/mol. The highest BCUT2D eigenvalue weighted by molar-refractivity contribution is 6.32. The van der Waals surface area contributed by atoms with Crippen LogP contribution in [0.5, 0.6) is 0 Å². The Balaban J connectivity index is 1.87. The van der Waals surface area contributed by atoms with E-state index in [9.17, 15) is 14.7 Å². The van der Waals surface area contributed by atoms with Crippen LogP contribution in [0.15, 0.2) is 27.4 Å². The first-order chi connectivity index (χ1) is 11.9. The number of hydrogen-bond donors (Lipinski definition) is 1. The molecule has 1 N–H and O–H groups in total. The van der Waals surface area contributed by atoms with Crippen molar-refractivity contribution in [2.45, 2.75) is 57.7 Å². The van der Waals surface area contributed by atoms with Gasteiger partial charge in [0.2, 0.25) is 0 Å². The molecule has 134 valence electrons. The van der Waals surface area contributed by atoms with Gasteiger partial charge < -0.3 is 14.3 Å². The molecule has 0 atom stereocenters. The summed E-state index contributed by atoms with van der Waals surface area (Å²) in [5, 5.41) is 11.6. The summed E-state index contributed by atoms with van der Waals surface area (Å²) >= 11 is 6.25. The predicted octanol–water partition coefficient (Wildman–Crippen LogP) is 3.75. The number of hydrogen-bond acceptors (Lipinski definition) is 5. The molecule has 0 radical (unpaired) electrons. The van der Waals surface area contributed by atoms with Gasteiger partial charge in [-0.2, -0.15) is 0 Å². The second-order valence-corrected chi connectivity index (χ2v) is 6.96. The fourth-order valence-electron chi connectivity index (χ4n) is 3.30. The number of rotatable bonds is 4. The van der Waals surface area contributed by atoms with Crippen LogP contribution in [0.4, 0.5) is 0 Å². The SMILES string of the molecule is CCc1cc2oc(=O)cc(COC(=O)C3(O)CCCCC3)c2cc1Cl. The Kier molecular flexibility index (Phi) is 5.16. The molecular weight excluding hydrogens is 344 g/mol. The van der Waals surface area contributed by atoms with Crippen molar-refractivity contribution in [1.82, 2.24) is 0 Å². The van der Waals surface area contributed by atoms with Gasteiger partial charge in [-0.1, -0.05) is 24.9 Å². The minimum atomic E-state index is -1.42. The maximum Gasteiger partial charge on any atom is 0.338 e. The van der Waals surface area contributed by atoms with E-state index in [4.69, 9.17) is 20.8 Å². The number of ether oxygens (including phenoxy) is 1. The number of carbonyl (C=O) groups excluding carboxylic acids is 1. The average molecular weight is 365 g/mol. The summed E-state index contributed by atoms with van der Waals surface area (Å²) in [6, 6.07) is 4.75. The molecule has 6 heteroatoms. The van der Waals surface area contributed by atoms with Crippen molar-refractivity contribution in [2.75, 3.05) is 0 Å². The summed E-state index contributed by atoms with van der Waals surface area (Å²) in [4.78, 5) is 24.1. The summed E-state index contributed by atoms with van der Waals surface area (Å²) in [7, 11) is 0. The highest BCUT2D eigenvalue weighted by atomic mass is 35.5. The lowest BCUT2D eigenvalue weighted by Gasteiger charge is -2.29. The number of aryl methyl sites for hydroxylation is 1. The molecule has 0 aliphatic heterocycles. The van der Waals surface area contributed by atoms with Crippen molar-refractivity contribution in [3.8, 4) is 0 Å². The Morgan fingerprint density at radius 3 is 2.64 bits per heavy atom. The summed E-state index contributed by atoms with van der Waals surface area (Å²) in [5.74, 6) is -0.634. The van der Waals surface area contributed by atoms with Gasteiger partial charge in [0.1, 0.15) is 12.2 Å². The van der Waals surface area contributed by atoms with Gasteiger partial charge in [0.15, 0.2) is 5.60 Å². The third kappa shape index (κ3) is 3.72. The second-order valence-electron chi connectivity index (χ2n) is 6.55. The maximum absolute atomic E-state index is 12.3. The fourth-order valence-corrected chi connectivity index (χ4v) is 3.59. The Bertz CT molecular complexity index is 849. The smallest absolute Gasteiger partial charge is 0.338 e. The Morgan fingerprint density at radius 1 is 1.24 bits per heavy atom. The van der Waals surface area contributed by atoms with Gasteiger partial charge in [-0.25, -0.2) is 9.59 Å².